The zero-order valence-electron chi connectivity index (χ0n) is 21.4. The summed E-state index contributed by atoms with van der Waals surface area (Å²) in [5, 5.41) is 17.8. The second-order valence-electron chi connectivity index (χ2n) is 9.05. The first kappa shape index (κ1) is 28.4. The molecule has 0 saturated heterocycles. The molecule has 0 aliphatic rings. The number of carbonyl (C=O) groups excluding carboxylic acids is 1. The van der Waals surface area contributed by atoms with Crippen LogP contribution in [-0.2, 0) is 22.7 Å². The number of benzene rings is 1. The van der Waals surface area contributed by atoms with Crippen LogP contribution in [0.5, 0.6) is 0 Å². The maximum Gasteiger partial charge on any atom is 0.331 e. The van der Waals surface area contributed by atoms with Gasteiger partial charge in [-0.2, -0.15) is 0 Å². The quantitative estimate of drug-likeness (QED) is 0.276. The lowest BCUT2D eigenvalue weighted by atomic mass is 10.1. The van der Waals surface area contributed by atoms with Gasteiger partial charge < -0.3 is 15.3 Å². The van der Waals surface area contributed by atoms with Gasteiger partial charge in [0.15, 0.2) is 0 Å². The maximum absolute atomic E-state index is 13.3. The third kappa shape index (κ3) is 7.57. The van der Waals surface area contributed by atoms with Gasteiger partial charge in [0.05, 0.1) is 30.5 Å². The highest BCUT2D eigenvalue weighted by Crippen LogP contribution is 2.26. The summed E-state index contributed by atoms with van der Waals surface area (Å²) in [5.41, 5.74) is 0.0616. The Balaban J connectivity index is 2.54. The van der Waals surface area contributed by atoms with Gasteiger partial charge in [0.25, 0.3) is 5.56 Å². The molecule has 0 aliphatic heterocycles. The molecule has 35 heavy (non-hydrogen) atoms. The molecular weight excluding hydrogens is 468 g/mol. The van der Waals surface area contributed by atoms with Crippen LogP contribution in [0.4, 0.5) is 0 Å². The van der Waals surface area contributed by atoms with Crippen LogP contribution >= 0.6 is 11.8 Å². The zero-order chi connectivity index (χ0) is 26.3. The van der Waals surface area contributed by atoms with E-state index in [1.165, 1.54) is 22.5 Å². The smallest absolute Gasteiger partial charge is 0.331 e. The number of aromatic nitrogens is 2. The summed E-state index contributed by atoms with van der Waals surface area (Å²) in [5.74, 6) is -0.402. The van der Waals surface area contributed by atoms with Gasteiger partial charge in [-0.3, -0.25) is 18.7 Å². The van der Waals surface area contributed by atoms with E-state index < -0.39 is 23.4 Å². The Kier molecular flexibility index (Phi) is 10.3. The molecule has 1 aromatic carbocycles. The Morgan fingerprint density at radius 1 is 1.14 bits per heavy atom. The van der Waals surface area contributed by atoms with Gasteiger partial charge >= 0.3 is 5.69 Å². The molecule has 1 amide bonds. The predicted molar refractivity (Wildman–Crippen MR) is 139 cm³/mol. The molecule has 0 aliphatic carbocycles. The summed E-state index contributed by atoms with van der Waals surface area (Å²) in [7, 11) is 0. The summed E-state index contributed by atoms with van der Waals surface area (Å²) in [4.78, 5) is 44.9. The fourth-order valence-electron chi connectivity index (χ4n) is 3.38. The van der Waals surface area contributed by atoms with Crippen LogP contribution in [0.15, 0.2) is 50.1 Å². The van der Waals surface area contributed by atoms with E-state index in [1.807, 2.05) is 44.4 Å². The predicted octanol–water partition coefficient (Wildman–Crippen LogP) is 2.78. The molecule has 0 bridgehead atoms. The fraction of sp³-hybridized carbons (Fsp3) is 0.520. The molecule has 1 heterocycles. The van der Waals surface area contributed by atoms with Crippen molar-refractivity contribution >= 4 is 23.4 Å². The van der Waals surface area contributed by atoms with E-state index in [2.05, 4.69) is 10.5 Å². The average Bonchev–Trinajstić information content (AvgIpc) is 2.81. The Bertz CT molecular complexity index is 1170. The molecule has 1 aromatic heterocycles. The average molecular weight is 505 g/mol. The van der Waals surface area contributed by atoms with E-state index in [1.54, 1.807) is 27.7 Å². The maximum atomic E-state index is 13.3. The van der Waals surface area contributed by atoms with Crippen molar-refractivity contribution in [3.63, 3.8) is 0 Å². The summed E-state index contributed by atoms with van der Waals surface area (Å²) >= 11 is 1.50. The normalized spacial score (nSPS) is 13.7. The summed E-state index contributed by atoms with van der Waals surface area (Å²) in [6.45, 7) is 10.4. The molecule has 0 saturated carbocycles. The second-order valence-corrected chi connectivity index (χ2v) is 9.89. The van der Waals surface area contributed by atoms with E-state index >= 15 is 0 Å². The van der Waals surface area contributed by atoms with Gasteiger partial charge in [0.1, 0.15) is 6.10 Å². The van der Waals surface area contributed by atoms with Crippen molar-refractivity contribution in [2.24, 2.45) is 11.1 Å². The molecule has 2 atom stereocenters. The molecular formula is C25H36N4O5S. The SMILES string of the molecule is CSc1ccccc1C(O)Cn1cc(/C(C)=N/OC(C)C)c(=O)n(C[C@H](C)NC(=O)C(C)C)c1=O. The second kappa shape index (κ2) is 12.7. The highest BCUT2D eigenvalue weighted by Gasteiger charge is 2.20. The molecule has 0 spiro atoms. The Morgan fingerprint density at radius 3 is 2.40 bits per heavy atom. The molecule has 192 valence electrons. The van der Waals surface area contributed by atoms with Crippen molar-refractivity contribution in [1.82, 2.24) is 14.5 Å². The molecule has 0 radical (unpaired) electrons. The number of amides is 1. The Hall–Kier alpha value is -2.85. The first-order valence-electron chi connectivity index (χ1n) is 11.6. The van der Waals surface area contributed by atoms with Crippen molar-refractivity contribution in [1.29, 1.82) is 0 Å². The molecule has 9 nitrogen and oxygen atoms in total. The fourth-order valence-corrected chi connectivity index (χ4v) is 4.04. The topological polar surface area (TPSA) is 115 Å². The number of rotatable bonds is 11. The van der Waals surface area contributed by atoms with Gasteiger partial charge in [-0.25, -0.2) is 4.79 Å². The lowest BCUT2D eigenvalue weighted by molar-refractivity contribution is -0.124. The molecule has 2 N–H and O–H groups in total. The largest absolute Gasteiger partial charge is 0.393 e. The van der Waals surface area contributed by atoms with Crippen molar-refractivity contribution < 1.29 is 14.7 Å². The summed E-state index contributed by atoms with van der Waals surface area (Å²) in [6.07, 6.45) is 2.16. The van der Waals surface area contributed by atoms with Crippen LogP contribution in [-0.4, -0.2) is 44.3 Å². The number of aliphatic hydroxyl groups is 1. The number of hydrogen-bond donors (Lipinski definition) is 2. The van der Waals surface area contributed by atoms with Crippen LogP contribution in [0.1, 0.15) is 58.8 Å². The lowest BCUT2D eigenvalue weighted by Gasteiger charge is -2.20. The molecule has 0 fully saturated rings. The third-order valence-corrected chi connectivity index (χ3v) is 6.08. The van der Waals surface area contributed by atoms with Gasteiger partial charge in [0, 0.05) is 23.1 Å². The highest BCUT2D eigenvalue weighted by atomic mass is 32.2. The number of thioether (sulfide) groups is 1. The number of hydrogen-bond acceptors (Lipinski definition) is 7. The van der Waals surface area contributed by atoms with Crippen LogP contribution in [0.25, 0.3) is 0 Å². The van der Waals surface area contributed by atoms with E-state index in [-0.39, 0.29) is 36.6 Å². The number of nitrogens with one attached hydrogen (secondary N) is 1. The van der Waals surface area contributed by atoms with E-state index in [4.69, 9.17) is 4.84 Å². The van der Waals surface area contributed by atoms with Gasteiger partial charge in [-0.05, 0) is 45.6 Å². The van der Waals surface area contributed by atoms with Crippen LogP contribution in [0.2, 0.25) is 0 Å². The number of aliphatic hydroxyl groups excluding tert-OH is 1. The number of oxime groups is 1. The number of carbonyl (C=O) groups is 1. The Labute approximate surface area is 210 Å². The first-order chi connectivity index (χ1) is 16.5. The van der Waals surface area contributed by atoms with E-state index in [9.17, 15) is 19.5 Å². The van der Waals surface area contributed by atoms with Gasteiger partial charge in [0.2, 0.25) is 5.91 Å². The summed E-state index contributed by atoms with van der Waals surface area (Å²) < 4.78 is 2.38. The minimum absolute atomic E-state index is 0.0280. The van der Waals surface area contributed by atoms with Crippen molar-refractivity contribution in [2.45, 2.75) is 77.8 Å². The van der Waals surface area contributed by atoms with E-state index in [0.29, 0.717) is 11.3 Å². The van der Waals surface area contributed by atoms with Gasteiger partial charge in [-0.1, -0.05) is 37.2 Å². The van der Waals surface area contributed by atoms with E-state index in [0.717, 1.165) is 9.46 Å². The highest BCUT2D eigenvalue weighted by molar-refractivity contribution is 7.98. The minimum atomic E-state index is -0.975. The first-order valence-corrected chi connectivity index (χ1v) is 12.8. The van der Waals surface area contributed by atoms with Crippen LogP contribution in [0.3, 0.4) is 0 Å². The standard InChI is InChI=1S/C25H36N4O5S/c1-15(2)23(31)26-17(5)12-29-24(32)20(18(6)27-34-16(3)4)13-28(25(29)33)14-21(30)19-10-8-9-11-22(19)35-7/h8-11,13,15-17,21,30H,12,14H2,1-7H3,(H,26,31)/b27-18+/t17-,21?/m0/s1. The molecule has 2 rings (SSSR count). The van der Waals surface area contributed by atoms with Crippen molar-refractivity contribution in [3.8, 4) is 0 Å². The third-order valence-electron chi connectivity index (χ3n) is 5.26. The zero-order valence-corrected chi connectivity index (χ0v) is 22.3. The molecule has 1 unspecified atom stereocenters. The van der Waals surface area contributed by atoms with Crippen LogP contribution in [0, 0.1) is 5.92 Å². The molecule has 2 aromatic rings. The lowest BCUT2D eigenvalue weighted by Crippen LogP contribution is -2.48. The Morgan fingerprint density at radius 2 is 1.80 bits per heavy atom. The van der Waals surface area contributed by atoms with Gasteiger partial charge in [-0.15, -0.1) is 11.8 Å². The van der Waals surface area contributed by atoms with Crippen molar-refractivity contribution in [3.05, 3.63) is 62.4 Å². The van der Waals surface area contributed by atoms with Crippen LogP contribution < -0.4 is 16.6 Å². The minimum Gasteiger partial charge on any atom is -0.393 e. The van der Waals surface area contributed by atoms with Crippen molar-refractivity contribution in [2.75, 3.05) is 6.26 Å². The molecule has 10 heteroatoms. The summed E-state index contributed by atoms with van der Waals surface area (Å²) in [6, 6.07) is 6.95. The monoisotopic (exact) mass is 504 g/mol. The number of nitrogens with zero attached hydrogens (tertiary/aromatic N) is 3.